The standard InChI is InChI=1S/C14H23N3O/c15-11-14(16-12-3-4-12)5-1-2-13(10-14)17-6-8-18-9-7-17/h12-13,16H,1-10H2. The molecule has 0 aromatic heterocycles. The zero-order valence-corrected chi connectivity index (χ0v) is 11.0. The molecular formula is C14H23N3O. The molecule has 2 saturated carbocycles. The van der Waals surface area contributed by atoms with Crippen molar-refractivity contribution in [3.63, 3.8) is 0 Å². The summed E-state index contributed by atoms with van der Waals surface area (Å²) in [5, 5.41) is 13.2. The molecule has 2 atom stereocenters. The number of morpholine rings is 1. The molecule has 18 heavy (non-hydrogen) atoms. The number of hydrogen-bond donors (Lipinski definition) is 1. The number of nitrogens with one attached hydrogen (secondary N) is 1. The third-order valence-corrected chi connectivity index (χ3v) is 4.56. The minimum Gasteiger partial charge on any atom is -0.379 e. The number of rotatable bonds is 3. The van der Waals surface area contributed by atoms with Gasteiger partial charge in [0.05, 0.1) is 19.3 Å². The monoisotopic (exact) mass is 249 g/mol. The van der Waals surface area contributed by atoms with Crippen LogP contribution in [0.4, 0.5) is 0 Å². The highest BCUT2D eigenvalue weighted by Gasteiger charge is 2.42. The van der Waals surface area contributed by atoms with Crippen LogP contribution >= 0.6 is 0 Å². The van der Waals surface area contributed by atoms with Crippen molar-refractivity contribution >= 4 is 0 Å². The van der Waals surface area contributed by atoms with E-state index in [2.05, 4.69) is 16.3 Å². The molecule has 0 aromatic rings. The van der Waals surface area contributed by atoms with E-state index in [4.69, 9.17) is 4.74 Å². The summed E-state index contributed by atoms with van der Waals surface area (Å²) in [7, 11) is 0. The van der Waals surface area contributed by atoms with Gasteiger partial charge in [-0.2, -0.15) is 5.26 Å². The van der Waals surface area contributed by atoms with Gasteiger partial charge in [-0.1, -0.05) is 0 Å². The van der Waals surface area contributed by atoms with E-state index >= 15 is 0 Å². The second-order valence-electron chi connectivity index (χ2n) is 6.01. The summed E-state index contributed by atoms with van der Waals surface area (Å²) in [5.41, 5.74) is -0.248. The Morgan fingerprint density at radius 2 is 2.00 bits per heavy atom. The summed E-state index contributed by atoms with van der Waals surface area (Å²) in [6.07, 6.45) is 6.96. The van der Waals surface area contributed by atoms with E-state index < -0.39 is 0 Å². The van der Waals surface area contributed by atoms with Crippen LogP contribution in [0.2, 0.25) is 0 Å². The molecule has 3 rings (SSSR count). The van der Waals surface area contributed by atoms with Crippen molar-refractivity contribution in [2.45, 2.75) is 56.1 Å². The smallest absolute Gasteiger partial charge is 0.108 e. The van der Waals surface area contributed by atoms with Crippen LogP contribution in [0.25, 0.3) is 0 Å². The Morgan fingerprint density at radius 1 is 1.22 bits per heavy atom. The number of hydrogen-bond acceptors (Lipinski definition) is 4. The SMILES string of the molecule is N#CC1(NC2CC2)CCCC(N2CCOCC2)C1. The predicted molar refractivity (Wildman–Crippen MR) is 69.1 cm³/mol. The van der Waals surface area contributed by atoms with E-state index in [1.807, 2.05) is 0 Å². The highest BCUT2D eigenvalue weighted by molar-refractivity contribution is 5.13. The summed E-state index contributed by atoms with van der Waals surface area (Å²) >= 11 is 0. The second kappa shape index (κ2) is 5.16. The first-order valence-electron chi connectivity index (χ1n) is 7.32. The van der Waals surface area contributed by atoms with Gasteiger partial charge in [0.15, 0.2) is 0 Å². The number of nitrogens with zero attached hydrogens (tertiary/aromatic N) is 2. The maximum Gasteiger partial charge on any atom is 0.108 e. The molecule has 0 amide bonds. The summed E-state index contributed by atoms with van der Waals surface area (Å²) in [5.74, 6) is 0. The Labute approximate surface area is 109 Å². The van der Waals surface area contributed by atoms with Crippen LogP contribution in [0.1, 0.15) is 38.5 Å². The van der Waals surface area contributed by atoms with E-state index in [1.54, 1.807) is 0 Å². The molecule has 1 aliphatic heterocycles. The van der Waals surface area contributed by atoms with Gasteiger partial charge in [0, 0.05) is 25.2 Å². The maximum atomic E-state index is 9.58. The van der Waals surface area contributed by atoms with Gasteiger partial charge >= 0.3 is 0 Å². The number of ether oxygens (including phenoxy) is 1. The molecule has 2 aliphatic carbocycles. The summed E-state index contributed by atoms with van der Waals surface area (Å²) < 4.78 is 5.42. The van der Waals surface area contributed by atoms with Gasteiger partial charge in [0.2, 0.25) is 0 Å². The lowest BCUT2D eigenvalue weighted by Crippen LogP contribution is -2.55. The Bertz CT molecular complexity index is 330. The lowest BCUT2D eigenvalue weighted by molar-refractivity contribution is 0.00125. The van der Waals surface area contributed by atoms with Crippen molar-refractivity contribution in [2.24, 2.45) is 0 Å². The van der Waals surface area contributed by atoms with E-state index in [0.717, 1.165) is 39.1 Å². The zero-order valence-electron chi connectivity index (χ0n) is 11.0. The Morgan fingerprint density at radius 3 is 2.67 bits per heavy atom. The Kier molecular flexibility index (Phi) is 3.56. The first-order valence-corrected chi connectivity index (χ1v) is 7.32. The molecule has 1 N–H and O–H groups in total. The van der Waals surface area contributed by atoms with Gasteiger partial charge < -0.3 is 4.74 Å². The zero-order chi connectivity index (χ0) is 12.4. The Hall–Kier alpha value is -0.630. The highest BCUT2D eigenvalue weighted by atomic mass is 16.5. The predicted octanol–water partition coefficient (Wildman–Crippen LogP) is 1.28. The third-order valence-electron chi connectivity index (χ3n) is 4.56. The normalized spacial score (nSPS) is 38.3. The van der Waals surface area contributed by atoms with Gasteiger partial charge in [0.25, 0.3) is 0 Å². The van der Waals surface area contributed by atoms with Gasteiger partial charge in [0.1, 0.15) is 5.54 Å². The largest absolute Gasteiger partial charge is 0.379 e. The molecule has 0 aromatic carbocycles. The number of nitriles is 1. The summed E-state index contributed by atoms with van der Waals surface area (Å²) in [6, 6.07) is 3.78. The first kappa shape index (κ1) is 12.4. The van der Waals surface area contributed by atoms with Gasteiger partial charge in [-0.25, -0.2) is 0 Å². The molecule has 0 radical (unpaired) electrons. The quantitative estimate of drug-likeness (QED) is 0.818. The average Bonchev–Trinajstić information content (AvgIpc) is 3.24. The molecule has 2 unspecified atom stereocenters. The molecule has 4 heteroatoms. The van der Waals surface area contributed by atoms with Crippen molar-refractivity contribution in [3.8, 4) is 6.07 Å². The van der Waals surface area contributed by atoms with Crippen molar-refractivity contribution in [2.75, 3.05) is 26.3 Å². The molecule has 100 valence electrons. The van der Waals surface area contributed by atoms with Crippen LogP contribution < -0.4 is 5.32 Å². The van der Waals surface area contributed by atoms with E-state index in [0.29, 0.717) is 12.1 Å². The fourth-order valence-corrected chi connectivity index (χ4v) is 3.38. The van der Waals surface area contributed by atoms with Gasteiger partial charge in [-0.15, -0.1) is 0 Å². The summed E-state index contributed by atoms with van der Waals surface area (Å²) in [4.78, 5) is 2.53. The summed E-state index contributed by atoms with van der Waals surface area (Å²) in [6.45, 7) is 3.78. The Balaban J connectivity index is 1.63. The average molecular weight is 249 g/mol. The van der Waals surface area contributed by atoms with Crippen LogP contribution in [0.3, 0.4) is 0 Å². The first-order chi connectivity index (χ1) is 8.81. The van der Waals surface area contributed by atoms with Crippen molar-refractivity contribution in [1.29, 1.82) is 5.26 Å². The lowest BCUT2D eigenvalue weighted by Gasteiger charge is -2.43. The van der Waals surface area contributed by atoms with E-state index in [1.165, 1.54) is 25.7 Å². The van der Waals surface area contributed by atoms with Gasteiger partial charge in [-0.05, 0) is 38.5 Å². The molecule has 4 nitrogen and oxygen atoms in total. The topological polar surface area (TPSA) is 48.3 Å². The second-order valence-corrected chi connectivity index (χ2v) is 6.01. The fourth-order valence-electron chi connectivity index (χ4n) is 3.38. The molecule has 0 spiro atoms. The highest BCUT2D eigenvalue weighted by Crippen LogP contribution is 2.34. The van der Waals surface area contributed by atoms with Crippen molar-refractivity contribution < 1.29 is 4.74 Å². The minimum absolute atomic E-state index is 0.248. The molecule has 3 fully saturated rings. The van der Waals surface area contributed by atoms with Gasteiger partial charge in [-0.3, -0.25) is 10.2 Å². The minimum atomic E-state index is -0.248. The van der Waals surface area contributed by atoms with Crippen LogP contribution in [-0.2, 0) is 4.74 Å². The fraction of sp³-hybridized carbons (Fsp3) is 0.929. The maximum absolute atomic E-state index is 9.58. The van der Waals surface area contributed by atoms with Crippen LogP contribution in [0.5, 0.6) is 0 Å². The molecule has 3 aliphatic rings. The van der Waals surface area contributed by atoms with Crippen molar-refractivity contribution in [3.05, 3.63) is 0 Å². The van der Waals surface area contributed by atoms with Crippen molar-refractivity contribution in [1.82, 2.24) is 10.2 Å². The molecular weight excluding hydrogens is 226 g/mol. The van der Waals surface area contributed by atoms with E-state index in [-0.39, 0.29) is 5.54 Å². The van der Waals surface area contributed by atoms with Crippen LogP contribution in [0, 0.1) is 11.3 Å². The van der Waals surface area contributed by atoms with E-state index in [9.17, 15) is 5.26 Å². The molecule has 1 saturated heterocycles. The van der Waals surface area contributed by atoms with Crippen LogP contribution in [0.15, 0.2) is 0 Å². The lowest BCUT2D eigenvalue weighted by atomic mass is 9.79. The molecule has 1 heterocycles. The molecule has 0 bridgehead atoms. The van der Waals surface area contributed by atoms with Crippen LogP contribution in [-0.4, -0.2) is 48.8 Å². The third kappa shape index (κ3) is 2.69.